The van der Waals surface area contributed by atoms with Gasteiger partial charge in [0.15, 0.2) is 0 Å². The van der Waals surface area contributed by atoms with E-state index < -0.39 is 0 Å². The molecule has 0 amide bonds. The van der Waals surface area contributed by atoms with Crippen molar-refractivity contribution in [1.29, 1.82) is 0 Å². The highest BCUT2D eigenvalue weighted by molar-refractivity contribution is 7.99. The van der Waals surface area contributed by atoms with Crippen LogP contribution in [-0.4, -0.2) is 26.4 Å². The Kier molecular flexibility index (Phi) is 7.33. The maximum absolute atomic E-state index is 6.23. The van der Waals surface area contributed by atoms with Crippen LogP contribution in [0.4, 0.5) is 0 Å². The zero-order valence-electron chi connectivity index (χ0n) is 16.0. The van der Waals surface area contributed by atoms with Crippen molar-refractivity contribution in [1.82, 2.24) is 20.1 Å². The molecule has 0 aliphatic heterocycles. The van der Waals surface area contributed by atoms with E-state index >= 15 is 0 Å². The summed E-state index contributed by atoms with van der Waals surface area (Å²) in [6.07, 6.45) is 3.62. The number of thioether (sulfide) groups is 3. The molecule has 0 radical (unpaired) electrons. The van der Waals surface area contributed by atoms with Crippen molar-refractivity contribution in [2.45, 2.75) is 26.5 Å². The van der Waals surface area contributed by atoms with E-state index in [2.05, 4.69) is 20.1 Å². The summed E-state index contributed by atoms with van der Waals surface area (Å²) in [4.78, 5) is 14.4. The molecule has 0 bridgehead atoms. The number of benzene rings is 2. The average Bonchev–Trinajstić information content (AvgIpc) is 3.27. The summed E-state index contributed by atoms with van der Waals surface area (Å²) >= 11 is 11.1. The van der Waals surface area contributed by atoms with E-state index in [1.54, 1.807) is 29.9 Å². The number of aromatic nitrogens is 4. The van der Waals surface area contributed by atoms with Gasteiger partial charge in [0.1, 0.15) is 16.4 Å². The van der Waals surface area contributed by atoms with Gasteiger partial charge >= 0.3 is 0 Å². The molecule has 0 N–H and O–H groups in total. The third kappa shape index (κ3) is 5.57. The van der Waals surface area contributed by atoms with Crippen LogP contribution in [0.5, 0.6) is 0 Å². The van der Waals surface area contributed by atoms with Crippen LogP contribution in [-0.2, 0) is 11.5 Å². The van der Waals surface area contributed by atoms with Gasteiger partial charge in [0, 0.05) is 27.3 Å². The summed E-state index contributed by atoms with van der Waals surface area (Å²) < 4.78 is 5.40. The maximum Gasteiger partial charge on any atom is 0.237 e. The van der Waals surface area contributed by atoms with Crippen LogP contribution in [0.1, 0.15) is 11.5 Å². The maximum atomic E-state index is 6.23. The van der Waals surface area contributed by atoms with Crippen molar-refractivity contribution in [2.75, 3.05) is 6.26 Å². The second-order valence-corrected chi connectivity index (χ2v) is 9.38. The van der Waals surface area contributed by atoms with Gasteiger partial charge in [0.2, 0.25) is 11.7 Å². The van der Waals surface area contributed by atoms with E-state index in [-0.39, 0.29) is 0 Å². The fourth-order valence-corrected chi connectivity index (χ4v) is 4.90. The van der Waals surface area contributed by atoms with Gasteiger partial charge in [-0.25, -0.2) is 9.97 Å². The second kappa shape index (κ2) is 10.3. The standard InChI is InChI=1S/C21H17ClN4OS3/c1-28-16-8-6-14(7-9-16)21-25-18(27-26-21)12-30-20-10-19(23-13-24-20)29-11-15-4-2-3-5-17(15)22/h2-10,13H,11-12H2,1H3. The quantitative estimate of drug-likeness (QED) is 0.213. The molecule has 2 heterocycles. The van der Waals surface area contributed by atoms with Crippen molar-refractivity contribution in [2.24, 2.45) is 0 Å². The monoisotopic (exact) mass is 472 g/mol. The van der Waals surface area contributed by atoms with Gasteiger partial charge in [0.05, 0.1) is 5.75 Å². The van der Waals surface area contributed by atoms with Crippen LogP contribution >= 0.6 is 46.9 Å². The lowest BCUT2D eigenvalue weighted by Crippen LogP contribution is -1.89. The minimum Gasteiger partial charge on any atom is -0.338 e. The molecule has 2 aromatic heterocycles. The Morgan fingerprint density at radius 3 is 2.40 bits per heavy atom. The van der Waals surface area contributed by atoms with Crippen molar-refractivity contribution in [3.8, 4) is 11.4 Å². The molecule has 0 fully saturated rings. The Hall–Kier alpha value is -2.00. The Morgan fingerprint density at radius 2 is 1.67 bits per heavy atom. The smallest absolute Gasteiger partial charge is 0.237 e. The van der Waals surface area contributed by atoms with Gasteiger partial charge in [-0.1, -0.05) is 46.7 Å². The number of hydrogen-bond acceptors (Lipinski definition) is 8. The van der Waals surface area contributed by atoms with Crippen molar-refractivity contribution in [3.05, 3.63) is 77.4 Å². The first kappa shape index (κ1) is 21.2. The predicted molar refractivity (Wildman–Crippen MR) is 124 cm³/mol. The highest BCUT2D eigenvalue weighted by Gasteiger charge is 2.10. The minimum atomic E-state index is 0.543. The lowest BCUT2D eigenvalue weighted by molar-refractivity contribution is 0.391. The Labute approximate surface area is 192 Å². The van der Waals surface area contributed by atoms with Gasteiger partial charge in [-0.3, -0.25) is 0 Å². The fourth-order valence-electron chi connectivity index (χ4n) is 2.55. The predicted octanol–water partition coefficient (Wildman–Crippen LogP) is 6.49. The van der Waals surface area contributed by atoms with Crippen LogP contribution in [0, 0.1) is 0 Å². The van der Waals surface area contributed by atoms with Gasteiger partial charge < -0.3 is 4.52 Å². The summed E-state index contributed by atoms with van der Waals surface area (Å²) in [6.45, 7) is 0. The summed E-state index contributed by atoms with van der Waals surface area (Å²) in [5.74, 6) is 2.45. The zero-order valence-corrected chi connectivity index (χ0v) is 19.2. The van der Waals surface area contributed by atoms with Crippen molar-refractivity contribution >= 4 is 46.9 Å². The Balaban J connectivity index is 1.35. The van der Waals surface area contributed by atoms with Crippen LogP contribution in [0.3, 0.4) is 0 Å². The fraction of sp³-hybridized carbons (Fsp3) is 0.143. The minimum absolute atomic E-state index is 0.543. The van der Waals surface area contributed by atoms with Gasteiger partial charge in [-0.05, 0) is 42.2 Å². The molecular formula is C21H17ClN4OS3. The summed E-state index contributed by atoms with van der Waals surface area (Å²) in [7, 11) is 0. The molecule has 9 heteroatoms. The molecule has 0 atom stereocenters. The van der Waals surface area contributed by atoms with E-state index in [1.165, 1.54) is 16.7 Å². The molecule has 2 aromatic carbocycles. The molecule has 152 valence electrons. The molecule has 4 rings (SSSR count). The molecule has 0 spiro atoms. The summed E-state index contributed by atoms with van der Waals surface area (Å²) in [5.41, 5.74) is 2.02. The highest BCUT2D eigenvalue weighted by atomic mass is 35.5. The molecule has 0 aliphatic rings. The average molecular weight is 473 g/mol. The summed E-state index contributed by atoms with van der Waals surface area (Å²) in [6, 6.07) is 17.9. The molecule has 0 aliphatic carbocycles. The molecular weight excluding hydrogens is 456 g/mol. The molecule has 0 saturated carbocycles. The van der Waals surface area contributed by atoms with Crippen LogP contribution in [0.15, 0.2) is 80.4 Å². The molecule has 30 heavy (non-hydrogen) atoms. The first-order chi connectivity index (χ1) is 14.7. The largest absolute Gasteiger partial charge is 0.338 e. The zero-order chi connectivity index (χ0) is 20.8. The van der Waals surface area contributed by atoms with Gasteiger partial charge in [-0.15, -0.1) is 23.5 Å². The van der Waals surface area contributed by atoms with E-state index in [9.17, 15) is 0 Å². The second-order valence-electron chi connectivity index (χ2n) is 6.10. The highest BCUT2D eigenvalue weighted by Crippen LogP contribution is 2.28. The van der Waals surface area contributed by atoms with Crippen molar-refractivity contribution in [3.63, 3.8) is 0 Å². The molecule has 0 saturated heterocycles. The third-order valence-corrected chi connectivity index (χ3v) is 7.11. The van der Waals surface area contributed by atoms with Crippen LogP contribution in [0.2, 0.25) is 5.02 Å². The van der Waals surface area contributed by atoms with Gasteiger partial charge in [0.25, 0.3) is 0 Å². The lowest BCUT2D eigenvalue weighted by Gasteiger charge is -2.04. The van der Waals surface area contributed by atoms with E-state index in [0.29, 0.717) is 17.5 Å². The van der Waals surface area contributed by atoms with E-state index in [1.807, 2.05) is 60.9 Å². The van der Waals surface area contributed by atoms with Crippen molar-refractivity contribution < 1.29 is 4.52 Å². The Bertz CT molecular complexity index is 1120. The van der Waals surface area contributed by atoms with E-state index in [0.717, 1.165) is 32.0 Å². The molecule has 0 unspecified atom stereocenters. The number of rotatable bonds is 8. The summed E-state index contributed by atoms with van der Waals surface area (Å²) in [5, 5.41) is 6.61. The first-order valence-corrected chi connectivity index (χ1v) is 12.6. The Morgan fingerprint density at radius 1 is 0.933 bits per heavy atom. The number of halogens is 1. The normalized spacial score (nSPS) is 11.0. The van der Waals surface area contributed by atoms with Crippen LogP contribution in [0.25, 0.3) is 11.4 Å². The number of nitrogens with zero attached hydrogens (tertiary/aromatic N) is 4. The first-order valence-electron chi connectivity index (χ1n) is 8.99. The van der Waals surface area contributed by atoms with Gasteiger partial charge in [-0.2, -0.15) is 4.98 Å². The lowest BCUT2D eigenvalue weighted by atomic mass is 10.2. The molecule has 4 aromatic rings. The topological polar surface area (TPSA) is 64.7 Å². The van der Waals surface area contributed by atoms with E-state index in [4.69, 9.17) is 16.1 Å². The SMILES string of the molecule is CSc1ccc(-c2noc(CSc3cc(SCc4ccccc4Cl)ncn3)n2)cc1. The number of hydrogen-bond donors (Lipinski definition) is 0. The van der Waals surface area contributed by atoms with Crippen LogP contribution < -0.4 is 0 Å². The third-order valence-electron chi connectivity index (χ3n) is 4.11. The molecule has 5 nitrogen and oxygen atoms in total.